The summed E-state index contributed by atoms with van der Waals surface area (Å²) < 4.78 is 0. The van der Waals surface area contributed by atoms with Crippen molar-refractivity contribution in [3.8, 4) is 11.1 Å². The second-order valence-corrected chi connectivity index (χ2v) is 7.90. The number of thioether (sulfide) groups is 1. The minimum absolute atomic E-state index is 0.718. The number of thiophene rings is 1. The fourth-order valence-corrected chi connectivity index (χ4v) is 5.41. The Bertz CT molecular complexity index is 761. The molecule has 0 N–H and O–H groups in total. The van der Waals surface area contributed by atoms with Gasteiger partial charge in [0.2, 0.25) is 0 Å². The third kappa shape index (κ3) is 2.77. The molecule has 1 saturated carbocycles. The van der Waals surface area contributed by atoms with E-state index < -0.39 is 0 Å². The summed E-state index contributed by atoms with van der Waals surface area (Å²) in [5.74, 6) is 0. The lowest BCUT2D eigenvalue weighted by atomic mass is 10.0. The maximum atomic E-state index is 4.62. The molecule has 0 aliphatic heterocycles. The number of rotatable bonds is 3. The summed E-state index contributed by atoms with van der Waals surface area (Å²) in [7, 11) is 0. The minimum atomic E-state index is 0.718. The molecule has 0 bridgehead atoms. The van der Waals surface area contributed by atoms with Gasteiger partial charge in [0.05, 0.1) is 5.39 Å². The highest BCUT2D eigenvalue weighted by Gasteiger charge is 2.19. The molecule has 3 aromatic rings. The van der Waals surface area contributed by atoms with Crippen LogP contribution in [0.15, 0.2) is 47.1 Å². The van der Waals surface area contributed by atoms with Crippen molar-refractivity contribution < 1.29 is 0 Å². The lowest BCUT2D eigenvalue weighted by Gasteiger charge is -2.20. The van der Waals surface area contributed by atoms with Gasteiger partial charge in [-0.15, -0.1) is 23.1 Å². The predicted molar refractivity (Wildman–Crippen MR) is 95.6 cm³/mol. The molecule has 22 heavy (non-hydrogen) atoms. The molecular weight excluding hydrogens is 308 g/mol. The summed E-state index contributed by atoms with van der Waals surface area (Å²) in [5, 5.41) is 5.35. The zero-order valence-electron chi connectivity index (χ0n) is 12.4. The largest absolute Gasteiger partial charge is 0.229 e. The molecule has 2 heterocycles. The Morgan fingerprint density at radius 2 is 1.82 bits per heavy atom. The second kappa shape index (κ2) is 6.39. The average molecular weight is 326 g/mol. The van der Waals surface area contributed by atoms with Gasteiger partial charge >= 0.3 is 0 Å². The molecule has 1 aliphatic rings. The van der Waals surface area contributed by atoms with Crippen molar-refractivity contribution in [3.63, 3.8) is 0 Å². The first-order valence-corrected chi connectivity index (χ1v) is 9.62. The highest BCUT2D eigenvalue weighted by atomic mass is 32.2. The van der Waals surface area contributed by atoms with Gasteiger partial charge in [0.25, 0.3) is 0 Å². The molecule has 0 unspecified atom stereocenters. The molecule has 0 amide bonds. The van der Waals surface area contributed by atoms with Gasteiger partial charge in [-0.05, 0) is 18.4 Å². The van der Waals surface area contributed by atoms with Crippen LogP contribution in [0.4, 0.5) is 0 Å². The van der Waals surface area contributed by atoms with Gasteiger partial charge in [-0.2, -0.15) is 0 Å². The maximum Gasteiger partial charge on any atom is 0.128 e. The van der Waals surface area contributed by atoms with Gasteiger partial charge in [-0.1, -0.05) is 49.6 Å². The molecule has 0 saturated heterocycles. The SMILES string of the molecule is c1ccc(-c2csc3ncnc(SC4CCCCC4)c23)cc1. The number of hydrogen-bond donors (Lipinski definition) is 0. The first kappa shape index (κ1) is 14.2. The van der Waals surface area contributed by atoms with Crippen molar-refractivity contribution in [2.24, 2.45) is 0 Å². The number of nitrogens with zero attached hydrogens (tertiary/aromatic N) is 2. The standard InChI is InChI=1S/C18H18N2S2/c1-3-7-13(8-4-1)15-11-21-17-16(15)18(20-12-19-17)22-14-9-5-2-6-10-14/h1,3-4,7-8,11-12,14H,2,5-6,9-10H2. The summed E-state index contributed by atoms with van der Waals surface area (Å²) in [6.07, 6.45) is 8.48. The van der Waals surface area contributed by atoms with Crippen LogP contribution in [0.3, 0.4) is 0 Å². The minimum Gasteiger partial charge on any atom is -0.229 e. The Hall–Kier alpha value is -1.39. The van der Waals surface area contributed by atoms with E-state index in [2.05, 4.69) is 45.7 Å². The van der Waals surface area contributed by atoms with Crippen molar-refractivity contribution >= 4 is 33.3 Å². The van der Waals surface area contributed by atoms with E-state index in [0.29, 0.717) is 0 Å². The molecule has 0 spiro atoms. The zero-order valence-corrected chi connectivity index (χ0v) is 14.0. The Balaban J connectivity index is 1.76. The van der Waals surface area contributed by atoms with Crippen LogP contribution in [-0.2, 0) is 0 Å². The summed E-state index contributed by atoms with van der Waals surface area (Å²) >= 11 is 3.68. The van der Waals surface area contributed by atoms with Crippen LogP contribution in [0.1, 0.15) is 32.1 Å². The van der Waals surface area contributed by atoms with Crippen LogP contribution in [0.2, 0.25) is 0 Å². The van der Waals surface area contributed by atoms with E-state index in [-0.39, 0.29) is 0 Å². The van der Waals surface area contributed by atoms with Gasteiger partial charge in [0.1, 0.15) is 16.2 Å². The van der Waals surface area contributed by atoms with Crippen LogP contribution < -0.4 is 0 Å². The van der Waals surface area contributed by atoms with Gasteiger partial charge in [0, 0.05) is 16.2 Å². The van der Waals surface area contributed by atoms with Gasteiger partial charge in [-0.25, -0.2) is 9.97 Å². The van der Waals surface area contributed by atoms with E-state index in [1.54, 1.807) is 17.7 Å². The van der Waals surface area contributed by atoms with Crippen molar-refractivity contribution in [3.05, 3.63) is 42.0 Å². The van der Waals surface area contributed by atoms with Crippen LogP contribution >= 0.6 is 23.1 Å². The maximum absolute atomic E-state index is 4.62. The van der Waals surface area contributed by atoms with E-state index in [1.807, 2.05) is 11.8 Å². The number of hydrogen-bond acceptors (Lipinski definition) is 4. The third-order valence-corrected chi connectivity index (χ3v) is 6.47. The highest BCUT2D eigenvalue weighted by molar-refractivity contribution is 8.00. The van der Waals surface area contributed by atoms with Gasteiger partial charge in [-0.3, -0.25) is 0 Å². The first-order chi connectivity index (χ1) is 10.9. The van der Waals surface area contributed by atoms with Crippen molar-refractivity contribution in [1.82, 2.24) is 9.97 Å². The van der Waals surface area contributed by atoms with E-state index in [4.69, 9.17) is 0 Å². The molecular formula is C18H18N2S2. The zero-order chi connectivity index (χ0) is 14.8. The molecule has 2 nitrogen and oxygen atoms in total. The van der Waals surface area contributed by atoms with E-state index in [0.717, 1.165) is 15.1 Å². The number of aromatic nitrogens is 2. The molecule has 0 atom stereocenters. The topological polar surface area (TPSA) is 25.8 Å². The Labute approximate surface area is 139 Å². The monoisotopic (exact) mass is 326 g/mol. The van der Waals surface area contributed by atoms with Crippen molar-refractivity contribution in [2.45, 2.75) is 42.4 Å². The van der Waals surface area contributed by atoms with E-state index in [1.165, 1.54) is 48.6 Å². The molecule has 4 heteroatoms. The fraction of sp³-hybridized carbons (Fsp3) is 0.333. The fourth-order valence-electron chi connectivity index (χ4n) is 3.11. The lowest BCUT2D eigenvalue weighted by molar-refractivity contribution is 0.516. The molecule has 0 radical (unpaired) electrons. The summed E-state index contributed by atoms with van der Waals surface area (Å²) in [4.78, 5) is 10.2. The third-order valence-electron chi connectivity index (χ3n) is 4.25. The van der Waals surface area contributed by atoms with Crippen LogP contribution in [0.25, 0.3) is 21.3 Å². The van der Waals surface area contributed by atoms with Crippen molar-refractivity contribution in [1.29, 1.82) is 0 Å². The Kier molecular flexibility index (Phi) is 4.13. The Morgan fingerprint density at radius 1 is 1.00 bits per heavy atom. The molecule has 1 aliphatic carbocycles. The summed E-state index contributed by atoms with van der Waals surface area (Å²) in [6, 6.07) is 10.6. The lowest BCUT2D eigenvalue weighted by Crippen LogP contribution is -2.08. The molecule has 4 rings (SSSR count). The second-order valence-electron chi connectivity index (χ2n) is 5.75. The molecule has 2 aromatic heterocycles. The predicted octanol–water partition coefficient (Wildman–Crippen LogP) is 5.78. The normalized spacial score (nSPS) is 16.2. The van der Waals surface area contributed by atoms with E-state index >= 15 is 0 Å². The summed E-state index contributed by atoms with van der Waals surface area (Å²) in [6.45, 7) is 0. The quantitative estimate of drug-likeness (QED) is 0.570. The van der Waals surface area contributed by atoms with Crippen LogP contribution in [0, 0.1) is 0 Å². The Morgan fingerprint density at radius 3 is 2.64 bits per heavy atom. The number of benzene rings is 1. The molecule has 1 fully saturated rings. The average Bonchev–Trinajstić information content (AvgIpc) is 3.02. The van der Waals surface area contributed by atoms with Crippen LogP contribution in [0.5, 0.6) is 0 Å². The van der Waals surface area contributed by atoms with Gasteiger partial charge in [0.15, 0.2) is 0 Å². The van der Waals surface area contributed by atoms with E-state index in [9.17, 15) is 0 Å². The highest BCUT2D eigenvalue weighted by Crippen LogP contribution is 2.41. The molecule has 1 aromatic carbocycles. The van der Waals surface area contributed by atoms with Gasteiger partial charge < -0.3 is 0 Å². The van der Waals surface area contributed by atoms with Crippen LogP contribution in [-0.4, -0.2) is 15.2 Å². The first-order valence-electron chi connectivity index (χ1n) is 7.86. The van der Waals surface area contributed by atoms with Crippen molar-refractivity contribution in [2.75, 3.05) is 0 Å². The smallest absolute Gasteiger partial charge is 0.128 e. The summed E-state index contributed by atoms with van der Waals surface area (Å²) in [5.41, 5.74) is 2.54. The number of fused-ring (bicyclic) bond motifs is 1. The molecule has 112 valence electrons.